The van der Waals surface area contributed by atoms with Crippen molar-refractivity contribution in [3.63, 3.8) is 0 Å². The van der Waals surface area contributed by atoms with Gasteiger partial charge in [0.25, 0.3) is 0 Å². The molecule has 1 aromatic heterocycles. The van der Waals surface area contributed by atoms with E-state index in [-0.39, 0.29) is 17.8 Å². The molecule has 0 saturated carbocycles. The first-order chi connectivity index (χ1) is 7.44. The van der Waals surface area contributed by atoms with Gasteiger partial charge in [-0.1, -0.05) is 13.8 Å². The number of aliphatic hydroxyl groups is 1. The van der Waals surface area contributed by atoms with Gasteiger partial charge in [0.15, 0.2) is 11.6 Å². The Bertz CT molecular complexity index is 356. The highest BCUT2D eigenvalue weighted by molar-refractivity contribution is 5.35. The second-order valence-corrected chi connectivity index (χ2v) is 4.48. The van der Waals surface area contributed by atoms with Crippen LogP contribution in [0.4, 0.5) is 14.6 Å². The van der Waals surface area contributed by atoms with E-state index in [1.165, 1.54) is 0 Å². The Morgan fingerprint density at radius 3 is 2.69 bits per heavy atom. The fraction of sp³-hybridized carbons (Fsp3) is 0.545. The van der Waals surface area contributed by atoms with Crippen molar-refractivity contribution in [1.29, 1.82) is 0 Å². The van der Waals surface area contributed by atoms with Crippen molar-refractivity contribution in [3.05, 3.63) is 23.9 Å². The number of pyridine rings is 1. The molecule has 0 saturated heterocycles. The van der Waals surface area contributed by atoms with E-state index in [1.807, 2.05) is 13.8 Å². The maximum Gasteiger partial charge on any atom is 0.168 e. The Labute approximate surface area is 93.5 Å². The van der Waals surface area contributed by atoms with Gasteiger partial charge in [-0.2, -0.15) is 0 Å². The van der Waals surface area contributed by atoms with E-state index in [9.17, 15) is 8.78 Å². The van der Waals surface area contributed by atoms with Crippen LogP contribution in [0, 0.1) is 17.0 Å². The van der Waals surface area contributed by atoms with E-state index in [0.29, 0.717) is 13.0 Å². The molecule has 0 fully saturated rings. The summed E-state index contributed by atoms with van der Waals surface area (Å²) >= 11 is 0. The SMILES string of the molecule is CC(C)(CCO)CNc1ncc(F)cc1F. The molecule has 0 radical (unpaired) electrons. The molecule has 0 aliphatic rings. The van der Waals surface area contributed by atoms with Gasteiger partial charge in [0.1, 0.15) is 5.82 Å². The summed E-state index contributed by atoms with van der Waals surface area (Å²) in [5.41, 5.74) is -0.169. The molecule has 0 aliphatic heterocycles. The van der Waals surface area contributed by atoms with E-state index in [4.69, 9.17) is 5.11 Å². The number of aliphatic hydroxyl groups excluding tert-OH is 1. The summed E-state index contributed by atoms with van der Waals surface area (Å²) in [5.74, 6) is -1.37. The minimum absolute atomic E-state index is 0.0346. The van der Waals surface area contributed by atoms with Crippen LogP contribution in [0.15, 0.2) is 12.3 Å². The number of halogens is 2. The monoisotopic (exact) mass is 230 g/mol. The lowest BCUT2D eigenvalue weighted by atomic mass is 9.90. The highest BCUT2D eigenvalue weighted by Gasteiger charge is 2.17. The summed E-state index contributed by atoms with van der Waals surface area (Å²) in [5, 5.41) is 11.6. The zero-order chi connectivity index (χ0) is 12.2. The number of nitrogens with zero attached hydrogens (tertiary/aromatic N) is 1. The molecule has 1 heterocycles. The topological polar surface area (TPSA) is 45.1 Å². The Morgan fingerprint density at radius 2 is 2.12 bits per heavy atom. The number of aromatic nitrogens is 1. The predicted molar refractivity (Wildman–Crippen MR) is 58.1 cm³/mol. The van der Waals surface area contributed by atoms with Crippen molar-refractivity contribution in [2.45, 2.75) is 20.3 Å². The molecule has 16 heavy (non-hydrogen) atoms. The van der Waals surface area contributed by atoms with Crippen LogP contribution in [-0.2, 0) is 0 Å². The number of rotatable bonds is 5. The lowest BCUT2D eigenvalue weighted by Crippen LogP contribution is -2.25. The number of hydrogen-bond acceptors (Lipinski definition) is 3. The van der Waals surface area contributed by atoms with Crippen LogP contribution in [-0.4, -0.2) is 23.2 Å². The molecular weight excluding hydrogens is 214 g/mol. The summed E-state index contributed by atoms with van der Waals surface area (Å²) in [4.78, 5) is 3.62. The average molecular weight is 230 g/mol. The minimum Gasteiger partial charge on any atom is -0.396 e. The van der Waals surface area contributed by atoms with E-state index >= 15 is 0 Å². The van der Waals surface area contributed by atoms with Crippen LogP contribution in [0.25, 0.3) is 0 Å². The molecule has 5 heteroatoms. The minimum atomic E-state index is -0.709. The van der Waals surface area contributed by atoms with Gasteiger partial charge in [-0.15, -0.1) is 0 Å². The van der Waals surface area contributed by atoms with Crippen LogP contribution in [0.3, 0.4) is 0 Å². The average Bonchev–Trinajstić information content (AvgIpc) is 2.16. The molecule has 0 amide bonds. The number of anilines is 1. The second-order valence-electron chi connectivity index (χ2n) is 4.48. The molecule has 2 N–H and O–H groups in total. The molecule has 0 bridgehead atoms. The predicted octanol–water partition coefficient (Wildman–Crippen LogP) is 2.18. The quantitative estimate of drug-likeness (QED) is 0.815. The van der Waals surface area contributed by atoms with E-state index in [0.717, 1.165) is 12.3 Å². The molecule has 0 aromatic carbocycles. The first kappa shape index (κ1) is 12.8. The molecule has 3 nitrogen and oxygen atoms in total. The second kappa shape index (κ2) is 5.21. The summed E-state index contributed by atoms with van der Waals surface area (Å²) in [6.45, 7) is 4.42. The van der Waals surface area contributed by atoms with Crippen LogP contribution < -0.4 is 5.32 Å². The largest absolute Gasteiger partial charge is 0.396 e. The zero-order valence-corrected chi connectivity index (χ0v) is 9.43. The Balaban J connectivity index is 2.61. The molecule has 0 unspecified atom stereocenters. The number of nitrogens with one attached hydrogen (secondary N) is 1. The summed E-state index contributed by atoms with van der Waals surface area (Å²) in [6.07, 6.45) is 1.56. The van der Waals surface area contributed by atoms with Gasteiger partial charge >= 0.3 is 0 Å². The first-order valence-corrected chi connectivity index (χ1v) is 5.10. The molecule has 0 spiro atoms. The van der Waals surface area contributed by atoms with E-state index < -0.39 is 11.6 Å². The van der Waals surface area contributed by atoms with Crippen molar-refractivity contribution in [1.82, 2.24) is 4.98 Å². The lowest BCUT2D eigenvalue weighted by Gasteiger charge is -2.24. The van der Waals surface area contributed by atoms with Gasteiger partial charge in [0.05, 0.1) is 6.20 Å². The standard InChI is InChI=1S/C11H16F2N2O/c1-11(2,3-4-16)7-15-10-9(13)5-8(12)6-14-10/h5-6,16H,3-4,7H2,1-2H3,(H,14,15). The van der Waals surface area contributed by atoms with Gasteiger partial charge in [0.2, 0.25) is 0 Å². The first-order valence-electron chi connectivity index (χ1n) is 5.10. The molecule has 1 rings (SSSR count). The van der Waals surface area contributed by atoms with Gasteiger partial charge in [-0.3, -0.25) is 0 Å². The van der Waals surface area contributed by atoms with Crippen molar-refractivity contribution in [2.75, 3.05) is 18.5 Å². The smallest absolute Gasteiger partial charge is 0.168 e. The Kier molecular flexibility index (Phi) is 4.18. The molecule has 90 valence electrons. The fourth-order valence-electron chi connectivity index (χ4n) is 1.26. The van der Waals surface area contributed by atoms with Gasteiger partial charge in [-0.25, -0.2) is 13.8 Å². The molecule has 0 atom stereocenters. The molecular formula is C11H16F2N2O. The van der Waals surface area contributed by atoms with Crippen LogP contribution in [0.5, 0.6) is 0 Å². The van der Waals surface area contributed by atoms with Gasteiger partial charge < -0.3 is 10.4 Å². The summed E-state index contributed by atoms with van der Waals surface area (Å²) in [6, 6.07) is 0.786. The summed E-state index contributed by atoms with van der Waals surface area (Å²) in [7, 11) is 0. The maximum atomic E-state index is 13.2. The van der Waals surface area contributed by atoms with Crippen molar-refractivity contribution in [3.8, 4) is 0 Å². The third kappa shape index (κ3) is 3.73. The zero-order valence-electron chi connectivity index (χ0n) is 9.43. The van der Waals surface area contributed by atoms with Gasteiger partial charge in [-0.05, 0) is 11.8 Å². The van der Waals surface area contributed by atoms with Gasteiger partial charge in [0, 0.05) is 19.2 Å². The van der Waals surface area contributed by atoms with Crippen LogP contribution in [0.1, 0.15) is 20.3 Å². The van der Waals surface area contributed by atoms with Crippen molar-refractivity contribution in [2.24, 2.45) is 5.41 Å². The third-order valence-electron chi connectivity index (χ3n) is 2.33. The normalized spacial score (nSPS) is 11.6. The molecule has 0 aliphatic carbocycles. The Morgan fingerprint density at radius 1 is 1.44 bits per heavy atom. The molecule has 1 aromatic rings. The number of hydrogen-bond donors (Lipinski definition) is 2. The van der Waals surface area contributed by atoms with Crippen molar-refractivity contribution < 1.29 is 13.9 Å². The third-order valence-corrected chi connectivity index (χ3v) is 2.33. The highest BCUT2D eigenvalue weighted by atomic mass is 19.1. The Hall–Kier alpha value is -1.23. The fourth-order valence-corrected chi connectivity index (χ4v) is 1.26. The summed E-state index contributed by atoms with van der Waals surface area (Å²) < 4.78 is 25.8. The van der Waals surface area contributed by atoms with E-state index in [2.05, 4.69) is 10.3 Å². The van der Waals surface area contributed by atoms with Crippen LogP contribution in [0.2, 0.25) is 0 Å². The maximum absolute atomic E-state index is 13.2. The van der Waals surface area contributed by atoms with Crippen molar-refractivity contribution >= 4 is 5.82 Å². The van der Waals surface area contributed by atoms with E-state index in [1.54, 1.807) is 0 Å². The van der Waals surface area contributed by atoms with Crippen LogP contribution >= 0.6 is 0 Å². The highest BCUT2D eigenvalue weighted by Crippen LogP contribution is 2.21. The lowest BCUT2D eigenvalue weighted by molar-refractivity contribution is 0.220.